The molecule has 0 bridgehead atoms. The van der Waals surface area contributed by atoms with Crippen molar-refractivity contribution in [1.29, 1.82) is 0 Å². The largest absolute Gasteiger partial charge is 0.493 e. The number of nitrogens with zero attached hydrogens (tertiary/aromatic N) is 4. The SMILES string of the molecule is Fc1ccc2c(c1CNc1ncc(C3=CCCCC3)c3ncnn13)CCCO2. The number of allylic oxidation sites excluding steroid dienone is 2. The van der Waals surface area contributed by atoms with Crippen molar-refractivity contribution < 1.29 is 9.13 Å². The van der Waals surface area contributed by atoms with Gasteiger partial charge in [0.1, 0.15) is 17.9 Å². The summed E-state index contributed by atoms with van der Waals surface area (Å²) < 4.78 is 21.9. The van der Waals surface area contributed by atoms with E-state index in [9.17, 15) is 4.39 Å². The van der Waals surface area contributed by atoms with Crippen LogP contribution in [0.2, 0.25) is 0 Å². The molecule has 0 saturated heterocycles. The number of hydrogen-bond donors (Lipinski definition) is 1. The first-order valence-electron chi connectivity index (χ1n) is 9.86. The molecule has 1 aromatic carbocycles. The maximum Gasteiger partial charge on any atom is 0.226 e. The Kier molecular flexibility index (Phi) is 4.43. The molecule has 1 N–H and O–H groups in total. The standard InChI is InChI=1S/C21H22FN5O/c22-18-8-9-19-15(7-4-10-28-19)17(18)12-24-21-23-11-16(14-5-2-1-3-6-14)20-25-13-26-27(20)21/h5,8-9,11,13H,1-4,6-7,10,12H2,(H,23,24). The smallest absolute Gasteiger partial charge is 0.226 e. The first-order valence-corrected chi connectivity index (χ1v) is 9.86. The predicted octanol–water partition coefficient (Wildman–Crippen LogP) is 4.16. The molecule has 0 saturated carbocycles. The molecule has 0 unspecified atom stereocenters. The molecule has 0 atom stereocenters. The lowest BCUT2D eigenvalue weighted by atomic mass is 9.95. The molecular weight excluding hydrogens is 357 g/mol. The van der Waals surface area contributed by atoms with Gasteiger partial charge in [0, 0.05) is 29.4 Å². The Labute approximate surface area is 162 Å². The lowest BCUT2D eigenvalue weighted by Gasteiger charge is -2.21. The zero-order valence-corrected chi connectivity index (χ0v) is 15.6. The number of nitrogens with one attached hydrogen (secondary N) is 1. The summed E-state index contributed by atoms with van der Waals surface area (Å²) in [4.78, 5) is 9.00. The molecule has 6 nitrogen and oxygen atoms in total. The third-order valence-electron chi connectivity index (χ3n) is 5.53. The zero-order valence-electron chi connectivity index (χ0n) is 15.6. The van der Waals surface area contributed by atoms with Crippen LogP contribution in [0.25, 0.3) is 11.2 Å². The van der Waals surface area contributed by atoms with E-state index in [1.807, 2.05) is 6.20 Å². The van der Waals surface area contributed by atoms with Gasteiger partial charge in [0.25, 0.3) is 0 Å². The summed E-state index contributed by atoms with van der Waals surface area (Å²) in [7, 11) is 0. The van der Waals surface area contributed by atoms with E-state index in [4.69, 9.17) is 4.74 Å². The minimum atomic E-state index is -0.226. The summed E-state index contributed by atoms with van der Waals surface area (Å²) in [5.74, 6) is 1.11. The fraction of sp³-hybridized carbons (Fsp3) is 0.381. The van der Waals surface area contributed by atoms with Crippen LogP contribution in [0.4, 0.5) is 10.3 Å². The second-order valence-corrected chi connectivity index (χ2v) is 7.27. The average molecular weight is 379 g/mol. The Bertz CT molecular complexity index is 1060. The molecule has 3 heterocycles. The number of ether oxygens (including phenoxy) is 1. The van der Waals surface area contributed by atoms with Crippen molar-refractivity contribution >= 4 is 17.2 Å². The number of aromatic nitrogens is 4. The molecule has 144 valence electrons. The van der Waals surface area contributed by atoms with E-state index in [0.717, 1.165) is 48.2 Å². The van der Waals surface area contributed by atoms with Crippen LogP contribution in [0.1, 0.15) is 48.8 Å². The molecule has 3 aromatic rings. The molecule has 0 spiro atoms. The lowest BCUT2D eigenvalue weighted by molar-refractivity contribution is 0.286. The number of fused-ring (bicyclic) bond motifs is 2. The van der Waals surface area contributed by atoms with Crippen molar-refractivity contribution in [3.05, 3.63) is 53.2 Å². The molecule has 5 rings (SSSR count). The Hall–Kier alpha value is -2.96. The second kappa shape index (κ2) is 7.22. The first kappa shape index (κ1) is 17.2. The van der Waals surface area contributed by atoms with Gasteiger partial charge in [-0.1, -0.05) is 6.08 Å². The summed E-state index contributed by atoms with van der Waals surface area (Å²) in [5.41, 5.74) is 4.66. The van der Waals surface area contributed by atoms with E-state index < -0.39 is 0 Å². The van der Waals surface area contributed by atoms with Crippen molar-refractivity contribution in [3.63, 3.8) is 0 Å². The van der Waals surface area contributed by atoms with Crippen LogP contribution in [0, 0.1) is 5.82 Å². The van der Waals surface area contributed by atoms with Crippen molar-refractivity contribution in [3.8, 4) is 5.75 Å². The molecule has 2 aromatic heterocycles. The van der Waals surface area contributed by atoms with Crippen LogP contribution < -0.4 is 10.1 Å². The monoisotopic (exact) mass is 379 g/mol. The summed E-state index contributed by atoms with van der Waals surface area (Å²) in [6.45, 7) is 1.01. The normalized spacial score (nSPS) is 16.4. The Morgan fingerprint density at radius 2 is 2.11 bits per heavy atom. The van der Waals surface area contributed by atoms with Crippen LogP contribution in [-0.2, 0) is 13.0 Å². The quantitative estimate of drug-likeness (QED) is 0.737. The molecule has 2 aliphatic rings. The molecule has 28 heavy (non-hydrogen) atoms. The van der Waals surface area contributed by atoms with Crippen molar-refractivity contribution in [2.75, 3.05) is 11.9 Å². The topological polar surface area (TPSA) is 64.3 Å². The van der Waals surface area contributed by atoms with Gasteiger partial charge < -0.3 is 10.1 Å². The maximum atomic E-state index is 14.5. The van der Waals surface area contributed by atoms with Crippen LogP contribution in [0.15, 0.2) is 30.7 Å². The number of rotatable bonds is 4. The molecule has 1 aliphatic carbocycles. The third kappa shape index (κ3) is 3.00. The Morgan fingerprint density at radius 1 is 1.14 bits per heavy atom. The summed E-state index contributed by atoms with van der Waals surface area (Å²) in [6.07, 6.45) is 11.9. The fourth-order valence-electron chi connectivity index (χ4n) is 4.09. The van der Waals surface area contributed by atoms with Gasteiger partial charge in [-0.2, -0.15) is 9.61 Å². The molecule has 7 heteroatoms. The number of hydrogen-bond acceptors (Lipinski definition) is 5. The van der Waals surface area contributed by atoms with E-state index in [1.165, 1.54) is 30.8 Å². The molecule has 0 radical (unpaired) electrons. The van der Waals surface area contributed by atoms with Crippen LogP contribution >= 0.6 is 0 Å². The van der Waals surface area contributed by atoms with Gasteiger partial charge in [0.05, 0.1) is 6.61 Å². The fourth-order valence-corrected chi connectivity index (χ4v) is 4.09. The van der Waals surface area contributed by atoms with Gasteiger partial charge in [0.2, 0.25) is 5.95 Å². The van der Waals surface area contributed by atoms with E-state index >= 15 is 0 Å². The van der Waals surface area contributed by atoms with Crippen molar-refractivity contribution in [2.24, 2.45) is 0 Å². The number of halogens is 1. The van der Waals surface area contributed by atoms with Crippen LogP contribution in [-0.4, -0.2) is 26.2 Å². The minimum absolute atomic E-state index is 0.226. The molecular formula is C21H22FN5O. The number of anilines is 1. The first-order chi connectivity index (χ1) is 13.8. The van der Waals surface area contributed by atoms with E-state index in [2.05, 4.69) is 26.5 Å². The van der Waals surface area contributed by atoms with Gasteiger partial charge >= 0.3 is 0 Å². The lowest BCUT2D eigenvalue weighted by Crippen LogP contribution is -2.15. The minimum Gasteiger partial charge on any atom is -0.493 e. The van der Waals surface area contributed by atoms with Crippen LogP contribution in [0.5, 0.6) is 5.75 Å². The average Bonchev–Trinajstić information content (AvgIpc) is 3.24. The highest BCUT2D eigenvalue weighted by Gasteiger charge is 2.19. The summed E-state index contributed by atoms with van der Waals surface area (Å²) in [5, 5.41) is 7.58. The van der Waals surface area contributed by atoms with Gasteiger partial charge in [0.15, 0.2) is 5.65 Å². The van der Waals surface area contributed by atoms with E-state index in [1.54, 1.807) is 10.6 Å². The zero-order chi connectivity index (χ0) is 18.9. The highest BCUT2D eigenvalue weighted by atomic mass is 19.1. The van der Waals surface area contributed by atoms with Gasteiger partial charge in [-0.05, 0) is 56.2 Å². The molecule has 0 amide bonds. The Morgan fingerprint density at radius 3 is 3.00 bits per heavy atom. The van der Waals surface area contributed by atoms with Crippen molar-refractivity contribution in [1.82, 2.24) is 19.6 Å². The van der Waals surface area contributed by atoms with Crippen molar-refractivity contribution in [2.45, 2.75) is 45.1 Å². The van der Waals surface area contributed by atoms with E-state index in [-0.39, 0.29) is 5.82 Å². The Balaban J connectivity index is 1.46. The molecule has 0 fully saturated rings. The maximum absolute atomic E-state index is 14.5. The summed E-state index contributed by atoms with van der Waals surface area (Å²) >= 11 is 0. The van der Waals surface area contributed by atoms with E-state index in [0.29, 0.717) is 24.7 Å². The second-order valence-electron chi connectivity index (χ2n) is 7.27. The number of benzene rings is 1. The van der Waals surface area contributed by atoms with Gasteiger partial charge in [-0.15, -0.1) is 0 Å². The molecule has 1 aliphatic heterocycles. The predicted molar refractivity (Wildman–Crippen MR) is 105 cm³/mol. The van der Waals surface area contributed by atoms with Crippen LogP contribution in [0.3, 0.4) is 0 Å². The van der Waals surface area contributed by atoms with Gasteiger partial charge in [-0.25, -0.2) is 14.4 Å². The highest BCUT2D eigenvalue weighted by Crippen LogP contribution is 2.31. The summed E-state index contributed by atoms with van der Waals surface area (Å²) in [6, 6.07) is 3.19. The highest BCUT2D eigenvalue weighted by molar-refractivity contribution is 5.76. The third-order valence-corrected chi connectivity index (χ3v) is 5.53. The van der Waals surface area contributed by atoms with Gasteiger partial charge in [-0.3, -0.25) is 0 Å².